The van der Waals surface area contributed by atoms with Gasteiger partial charge in [-0.25, -0.2) is 4.79 Å². The molecule has 5 nitrogen and oxygen atoms in total. The molecule has 0 bridgehead atoms. The minimum atomic E-state index is -1.06. The van der Waals surface area contributed by atoms with Crippen LogP contribution in [0.4, 0.5) is 10.5 Å². The van der Waals surface area contributed by atoms with E-state index in [2.05, 4.69) is 4.90 Å². The minimum absolute atomic E-state index is 0.513. The highest BCUT2D eigenvalue weighted by Crippen LogP contribution is 2.29. The Morgan fingerprint density at radius 2 is 1.67 bits per heavy atom. The van der Waals surface area contributed by atoms with Gasteiger partial charge in [-0.2, -0.15) is 0 Å². The van der Waals surface area contributed by atoms with Gasteiger partial charge < -0.3 is 14.4 Å². The summed E-state index contributed by atoms with van der Waals surface area (Å²) < 4.78 is 5.39. The molecule has 0 radical (unpaired) electrons. The van der Waals surface area contributed by atoms with E-state index in [9.17, 15) is 9.59 Å². The van der Waals surface area contributed by atoms with Gasteiger partial charge in [0.15, 0.2) is 0 Å². The Kier molecular flexibility index (Phi) is 5.21. The van der Waals surface area contributed by atoms with Gasteiger partial charge in [0.25, 0.3) is 0 Å². The number of ether oxygens (including phenoxy) is 1. The summed E-state index contributed by atoms with van der Waals surface area (Å²) in [5.74, 6) is 0. The van der Waals surface area contributed by atoms with Gasteiger partial charge in [0.2, 0.25) is 0 Å². The van der Waals surface area contributed by atoms with E-state index in [1.807, 2.05) is 45.0 Å². The zero-order chi connectivity index (χ0) is 18.0. The number of likely N-dealkylation sites (N-methyl/N-ethyl adjacent to an activating group) is 1. The van der Waals surface area contributed by atoms with Crippen molar-refractivity contribution in [3.63, 3.8) is 0 Å². The number of anilines is 1. The third-order valence-electron chi connectivity index (χ3n) is 4.52. The summed E-state index contributed by atoms with van der Waals surface area (Å²) in [4.78, 5) is 27.9. The Labute approximate surface area is 144 Å². The van der Waals surface area contributed by atoms with Gasteiger partial charge in [0, 0.05) is 25.8 Å². The molecule has 1 aromatic rings. The number of hydrogen-bond acceptors (Lipinski definition) is 4. The maximum absolute atomic E-state index is 12.4. The SMILES string of the molecule is CN(C(=O)OC(C)(C)C)C(C)(C=O)c1ccc(N2CCCC2)cc1. The van der Waals surface area contributed by atoms with Crippen LogP contribution in [-0.2, 0) is 15.1 Å². The predicted octanol–water partition coefficient (Wildman–Crippen LogP) is 3.57. The molecule has 1 unspecified atom stereocenters. The van der Waals surface area contributed by atoms with Crippen molar-refractivity contribution in [2.75, 3.05) is 25.0 Å². The molecule has 0 N–H and O–H groups in total. The molecule has 1 heterocycles. The smallest absolute Gasteiger partial charge is 0.411 e. The van der Waals surface area contributed by atoms with Crippen LogP contribution in [0.15, 0.2) is 24.3 Å². The highest BCUT2D eigenvalue weighted by Gasteiger charge is 2.36. The van der Waals surface area contributed by atoms with Crippen LogP contribution < -0.4 is 4.90 Å². The summed E-state index contributed by atoms with van der Waals surface area (Å²) in [6.45, 7) is 9.30. The number of aldehydes is 1. The molecule has 132 valence electrons. The van der Waals surface area contributed by atoms with Crippen molar-refractivity contribution in [2.24, 2.45) is 0 Å². The summed E-state index contributed by atoms with van der Waals surface area (Å²) in [6.07, 6.45) is 2.72. The summed E-state index contributed by atoms with van der Waals surface area (Å²) in [7, 11) is 1.59. The number of amides is 1. The predicted molar refractivity (Wildman–Crippen MR) is 95.3 cm³/mol. The van der Waals surface area contributed by atoms with Gasteiger partial charge in [-0.3, -0.25) is 4.90 Å². The molecule has 1 aliphatic rings. The first kappa shape index (κ1) is 18.3. The van der Waals surface area contributed by atoms with E-state index in [0.717, 1.165) is 30.6 Å². The van der Waals surface area contributed by atoms with Gasteiger partial charge in [-0.05, 0) is 58.2 Å². The number of carbonyl (C=O) groups is 2. The van der Waals surface area contributed by atoms with Gasteiger partial charge in [0.05, 0.1) is 0 Å². The van der Waals surface area contributed by atoms with Gasteiger partial charge in [-0.15, -0.1) is 0 Å². The Hall–Kier alpha value is -2.04. The fourth-order valence-electron chi connectivity index (χ4n) is 2.85. The van der Waals surface area contributed by atoms with Crippen LogP contribution in [0.3, 0.4) is 0 Å². The van der Waals surface area contributed by atoms with Crippen molar-refractivity contribution in [3.8, 4) is 0 Å². The van der Waals surface area contributed by atoms with Crippen LogP contribution in [0.2, 0.25) is 0 Å². The number of nitrogens with zero attached hydrogens (tertiary/aromatic N) is 2. The minimum Gasteiger partial charge on any atom is -0.444 e. The maximum Gasteiger partial charge on any atom is 0.411 e. The van der Waals surface area contributed by atoms with Gasteiger partial charge >= 0.3 is 6.09 Å². The number of hydrogen-bond donors (Lipinski definition) is 0. The first-order valence-electron chi connectivity index (χ1n) is 8.46. The number of benzene rings is 1. The van der Waals surface area contributed by atoms with Crippen LogP contribution in [0.25, 0.3) is 0 Å². The average Bonchev–Trinajstić information content (AvgIpc) is 3.06. The Morgan fingerprint density at radius 1 is 1.12 bits per heavy atom. The van der Waals surface area contributed by atoms with Gasteiger partial charge in [-0.1, -0.05) is 12.1 Å². The quantitative estimate of drug-likeness (QED) is 0.791. The first-order chi connectivity index (χ1) is 11.2. The summed E-state index contributed by atoms with van der Waals surface area (Å²) >= 11 is 0. The fourth-order valence-corrected chi connectivity index (χ4v) is 2.85. The van der Waals surface area contributed by atoms with Crippen molar-refractivity contribution in [1.82, 2.24) is 4.90 Å². The average molecular weight is 332 g/mol. The second-order valence-electron chi connectivity index (χ2n) is 7.55. The molecule has 1 amide bonds. The second kappa shape index (κ2) is 6.83. The van der Waals surface area contributed by atoms with Crippen LogP contribution in [0, 0.1) is 0 Å². The van der Waals surface area contributed by atoms with E-state index in [0.29, 0.717) is 0 Å². The second-order valence-corrected chi connectivity index (χ2v) is 7.55. The Morgan fingerprint density at radius 3 is 2.12 bits per heavy atom. The zero-order valence-corrected chi connectivity index (χ0v) is 15.3. The number of carbonyl (C=O) groups excluding carboxylic acids is 2. The molecule has 0 saturated carbocycles. The van der Waals surface area contributed by atoms with E-state index >= 15 is 0 Å². The Bertz CT molecular complexity index is 586. The largest absolute Gasteiger partial charge is 0.444 e. The lowest BCUT2D eigenvalue weighted by atomic mass is 9.92. The van der Waals surface area contributed by atoms with E-state index in [1.54, 1.807) is 14.0 Å². The molecule has 2 rings (SSSR count). The lowest BCUT2D eigenvalue weighted by molar-refractivity contribution is -0.117. The molecule has 24 heavy (non-hydrogen) atoms. The summed E-state index contributed by atoms with van der Waals surface area (Å²) in [5.41, 5.74) is 0.263. The van der Waals surface area contributed by atoms with E-state index in [1.165, 1.54) is 17.7 Å². The highest BCUT2D eigenvalue weighted by atomic mass is 16.6. The first-order valence-corrected chi connectivity index (χ1v) is 8.46. The topological polar surface area (TPSA) is 49.9 Å². The highest BCUT2D eigenvalue weighted by molar-refractivity contribution is 5.78. The normalized spacial score (nSPS) is 17.3. The fraction of sp³-hybridized carbons (Fsp3) is 0.579. The molecule has 1 fully saturated rings. The van der Waals surface area contributed by atoms with Crippen molar-refractivity contribution in [2.45, 2.75) is 51.7 Å². The van der Waals surface area contributed by atoms with Crippen LogP contribution in [0.1, 0.15) is 46.1 Å². The summed E-state index contributed by atoms with van der Waals surface area (Å²) in [5, 5.41) is 0. The third kappa shape index (κ3) is 3.89. The van der Waals surface area contributed by atoms with Crippen molar-refractivity contribution >= 4 is 18.1 Å². The molecule has 5 heteroatoms. The molecule has 0 aliphatic carbocycles. The van der Waals surface area contributed by atoms with Crippen LogP contribution >= 0.6 is 0 Å². The lowest BCUT2D eigenvalue weighted by Gasteiger charge is -2.36. The van der Waals surface area contributed by atoms with Crippen molar-refractivity contribution in [3.05, 3.63) is 29.8 Å². The van der Waals surface area contributed by atoms with Crippen LogP contribution in [0.5, 0.6) is 0 Å². The number of rotatable bonds is 4. The van der Waals surface area contributed by atoms with E-state index in [-0.39, 0.29) is 0 Å². The van der Waals surface area contributed by atoms with E-state index in [4.69, 9.17) is 4.74 Å². The monoisotopic (exact) mass is 332 g/mol. The molecule has 1 aliphatic heterocycles. The molecule has 1 atom stereocenters. The van der Waals surface area contributed by atoms with Gasteiger partial charge in [0.1, 0.15) is 17.4 Å². The maximum atomic E-state index is 12.4. The molecular weight excluding hydrogens is 304 g/mol. The molecular formula is C19H28N2O3. The van der Waals surface area contributed by atoms with E-state index < -0.39 is 17.2 Å². The standard InChI is InChI=1S/C19H28N2O3/c1-18(2,3)24-17(23)20(5)19(4,14-22)15-8-10-16(11-9-15)21-12-6-7-13-21/h8-11,14H,6-7,12-13H2,1-5H3. The molecule has 0 aromatic heterocycles. The lowest BCUT2D eigenvalue weighted by Crippen LogP contribution is -2.48. The van der Waals surface area contributed by atoms with Crippen LogP contribution in [-0.4, -0.2) is 43.0 Å². The third-order valence-corrected chi connectivity index (χ3v) is 4.52. The molecule has 1 saturated heterocycles. The summed E-state index contributed by atoms with van der Waals surface area (Å²) in [6, 6.07) is 7.88. The Balaban J connectivity index is 2.21. The zero-order valence-electron chi connectivity index (χ0n) is 15.3. The van der Waals surface area contributed by atoms with Crippen molar-refractivity contribution < 1.29 is 14.3 Å². The molecule has 1 aromatic carbocycles. The van der Waals surface area contributed by atoms with Crippen molar-refractivity contribution in [1.29, 1.82) is 0 Å². The molecule has 0 spiro atoms.